The van der Waals surface area contributed by atoms with Crippen LogP contribution in [0.2, 0.25) is 5.02 Å². The first-order valence-electron chi connectivity index (χ1n) is 5.52. The molecule has 0 aliphatic rings. The van der Waals surface area contributed by atoms with Gasteiger partial charge in [0.25, 0.3) is 5.91 Å². The van der Waals surface area contributed by atoms with E-state index in [1.807, 2.05) is 0 Å². The minimum atomic E-state index is -0.514. The lowest BCUT2D eigenvalue weighted by molar-refractivity contribution is 0.102. The summed E-state index contributed by atoms with van der Waals surface area (Å²) in [7, 11) is 1.64. The van der Waals surface area contributed by atoms with Gasteiger partial charge in [0.05, 0.1) is 17.3 Å². The van der Waals surface area contributed by atoms with Crippen LogP contribution in [0, 0.1) is 0 Å². The number of anilines is 1. The number of carbonyl (C=O) groups excluding carboxylic acids is 1. The van der Waals surface area contributed by atoms with E-state index in [2.05, 4.69) is 10.4 Å². The average molecular weight is 311 g/mol. The van der Waals surface area contributed by atoms with E-state index in [9.17, 15) is 9.90 Å². The molecule has 1 aromatic carbocycles. The Labute approximate surface area is 125 Å². The topological polar surface area (TPSA) is 93.2 Å². The Hall–Kier alpha value is -2.12. The first-order valence-corrected chi connectivity index (χ1v) is 6.30. The highest BCUT2D eigenvalue weighted by atomic mass is 35.5. The number of phenols is 1. The molecule has 8 heteroatoms. The number of hydrogen-bond acceptors (Lipinski definition) is 4. The summed E-state index contributed by atoms with van der Waals surface area (Å²) in [4.78, 5) is 12.3. The second-order valence-corrected chi connectivity index (χ2v) is 4.89. The maximum absolute atomic E-state index is 12.1. The fraction of sp³-hybridized carbons (Fsp3) is 0.0833. The van der Waals surface area contributed by atoms with E-state index in [1.54, 1.807) is 7.05 Å². The summed E-state index contributed by atoms with van der Waals surface area (Å²) < 4.78 is 1.43. The number of aromatic nitrogens is 2. The van der Waals surface area contributed by atoms with Crippen LogP contribution < -0.4 is 11.1 Å². The van der Waals surface area contributed by atoms with Crippen LogP contribution in [0.15, 0.2) is 24.4 Å². The van der Waals surface area contributed by atoms with E-state index in [0.29, 0.717) is 16.4 Å². The number of nitrogens with two attached hydrogens (primary N) is 1. The number of benzene rings is 1. The second-order valence-electron chi connectivity index (χ2n) is 4.01. The lowest BCUT2D eigenvalue weighted by atomic mass is 10.2. The molecule has 1 heterocycles. The quantitative estimate of drug-likeness (QED) is 0.750. The monoisotopic (exact) mass is 310 g/mol. The van der Waals surface area contributed by atoms with Crippen LogP contribution in [-0.4, -0.2) is 25.8 Å². The van der Waals surface area contributed by atoms with Gasteiger partial charge < -0.3 is 16.2 Å². The van der Waals surface area contributed by atoms with Gasteiger partial charge in [-0.2, -0.15) is 5.10 Å². The summed E-state index contributed by atoms with van der Waals surface area (Å²) in [6.45, 7) is 0. The molecule has 4 N–H and O–H groups in total. The zero-order chi connectivity index (χ0) is 14.9. The lowest BCUT2D eigenvalue weighted by Crippen LogP contribution is -2.18. The molecular formula is C12H11ClN4O2S. The van der Waals surface area contributed by atoms with Gasteiger partial charge in [-0.15, -0.1) is 0 Å². The maximum Gasteiger partial charge on any atom is 0.260 e. The molecule has 104 valence electrons. The number of aromatic hydroxyl groups is 1. The zero-order valence-electron chi connectivity index (χ0n) is 10.4. The van der Waals surface area contributed by atoms with Crippen molar-refractivity contribution in [2.75, 3.05) is 5.32 Å². The number of carbonyl (C=O) groups is 1. The molecule has 0 aliphatic carbocycles. The van der Waals surface area contributed by atoms with Crippen LogP contribution >= 0.6 is 23.8 Å². The van der Waals surface area contributed by atoms with Crippen LogP contribution in [0.3, 0.4) is 0 Å². The summed E-state index contributed by atoms with van der Waals surface area (Å²) in [5, 5.41) is 16.6. The molecule has 2 aromatic rings. The van der Waals surface area contributed by atoms with Crippen LogP contribution in [-0.2, 0) is 7.05 Å². The van der Waals surface area contributed by atoms with E-state index in [-0.39, 0.29) is 16.3 Å². The van der Waals surface area contributed by atoms with Gasteiger partial charge in [0.15, 0.2) is 0 Å². The molecule has 0 bridgehead atoms. The third-order valence-corrected chi connectivity index (χ3v) is 3.10. The Morgan fingerprint density at radius 3 is 2.80 bits per heavy atom. The number of phenolic OH excluding ortho intramolecular Hbond substituents is 1. The smallest absolute Gasteiger partial charge is 0.260 e. The minimum absolute atomic E-state index is 0.0875. The molecule has 1 aromatic heterocycles. The van der Waals surface area contributed by atoms with Crippen molar-refractivity contribution in [2.45, 2.75) is 0 Å². The molecule has 0 saturated heterocycles. The summed E-state index contributed by atoms with van der Waals surface area (Å²) in [5.41, 5.74) is 6.09. The van der Waals surface area contributed by atoms with Gasteiger partial charge in [-0.3, -0.25) is 9.48 Å². The Morgan fingerprint density at radius 2 is 2.20 bits per heavy atom. The molecule has 0 spiro atoms. The Kier molecular flexibility index (Phi) is 3.91. The normalized spacial score (nSPS) is 10.3. The minimum Gasteiger partial charge on any atom is -0.507 e. The molecule has 0 radical (unpaired) electrons. The van der Waals surface area contributed by atoms with Crippen LogP contribution in [0.25, 0.3) is 0 Å². The fourth-order valence-corrected chi connectivity index (χ4v) is 1.95. The lowest BCUT2D eigenvalue weighted by Gasteiger charge is -2.09. The molecule has 2 rings (SSSR count). The highest BCUT2D eigenvalue weighted by molar-refractivity contribution is 7.80. The van der Waals surface area contributed by atoms with E-state index < -0.39 is 5.91 Å². The van der Waals surface area contributed by atoms with Gasteiger partial charge in [0, 0.05) is 12.1 Å². The molecule has 0 atom stereocenters. The first-order chi connectivity index (χ1) is 9.40. The molecule has 20 heavy (non-hydrogen) atoms. The predicted molar refractivity (Wildman–Crippen MR) is 80.2 cm³/mol. The number of rotatable bonds is 3. The number of hydrogen-bond donors (Lipinski definition) is 3. The van der Waals surface area contributed by atoms with Crippen molar-refractivity contribution in [3.05, 3.63) is 40.5 Å². The molecule has 0 aliphatic heterocycles. The Bertz CT molecular complexity index is 699. The van der Waals surface area contributed by atoms with E-state index in [4.69, 9.17) is 29.6 Å². The highest BCUT2D eigenvalue weighted by Crippen LogP contribution is 2.23. The third kappa shape index (κ3) is 2.73. The number of nitrogens with zero attached hydrogens (tertiary/aromatic N) is 2. The van der Waals surface area contributed by atoms with Crippen molar-refractivity contribution in [3.63, 3.8) is 0 Å². The number of thiocarbonyl (C=S) groups is 1. The summed E-state index contributed by atoms with van der Waals surface area (Å²) >= 11 is 10.6. The van der Waals surface area contributed by atoms with E-state index in [1.165, 1.54) is 29.1 Å². The van der Waals surface area contributed by atoms with Crippen molar-refractivity contribution in [2.24, 2.45) is 12.8 Å². The molecule has 6 nitrogen and oxygen atoms in total. The largest absolute Gasteiger partial charge is 0.507 e. The third-order valence-electron chi connectivity index (χ3n) is 2.64. The summed E-state index contributed by atoms with van der Waals surface area (Å²) in [6, 6.07) is 4.21. The summed E-state index contributed by atoms with van der Waals surface area (Å²) in [5.74, 6) is -0.369. The average Bonchev–Trinajstić information content (AvgIpc) is 2.71. The molecule has 1 amide bonds. The van der Waals surface area contributed by atoms with Crippen molar-refractivity contribution in [1.82, 2.24) is 9.78 Å². The van der Waals surface area contributed by atoms with Crippen molar-refractivity contribution in [1.29, 1.82) is 0 Å². The highest BCUT2D eigenvalue weighted by Gasteiger charge is 2.17. The fourth-order valence-electron chi connectivity index (χ4n) is 1.64. The summed E-state index contributed by atoms with van der Waals surface area (Å²) in [6.07, 6.45) is 1.46. The number of nitrogens with one attached hydrogen (secondary N) is 1. The van der Waals surface area contributed by atoms with E-state index in [0.717, 1.165) is 0 Å². The SMILES string of the molecule is Cn1ncc(C(N)=S)c1NC(=O)c1ccc(Cl)cc1O. The van der Waals surface area contributed by atoms with Crippen molar-refractivity contribution < 1.29 is 9.90 Å². The molecule has 0 saturated carbocycles. The van der Waals surface area contributed by atoms with Gasteiger partial charge in [-0.25, -0.2) is 0 Å². The number of aryl methyl sites for hydroxylation is 1. The molecule has 0 unspecified atom stereocenters. The van der Waals surface area contributed by atoms with Crippen LogP contribution in [0.4, 0.5) is 5.82 Å². The van der Waals surface area contributed by atoms with E-state index >= 15 is 0 Å². The maximum atomic E-state index is 12.1. The zero-order valence-corrected chi connectivity index (χ0v) is 12.0. The van der Waals surface area contributed by atoms with Crippen LogP contribution in [0.1, 0.15) is 15.9 Å². The van der Waals surface area contributed by atoms with Gasteiger partial charge in [-0.05, 0) is 18.2 Å². The van der Waals surface area contributed by atoms with Gasteiger partial charge in [0.1, 0.15) is 16.6 Å². The standard InChI is InChI=1S/C12H11ClN4O2S/c1-17-11(8(5-15-17)10(14)20)16-12(19)7-3-2-6(13)4-9(7)18/h2-5,18H,1H3,(H2,14,20)(H,16,19). The number of amides is 1. The van der Waals surface area contributed by atoms with Gasteiger partial charge >= 0.3 is 0 Å². The Morgan fingerprint density at radius 1 is 1.50 bits per heavy atom. The first kappa shape index (κ1) is 14.3. The van der Waals surface area contributed by atoms with Gasteiger partial charge in [0.2, 0.25) is 0 Å². The van der Waals surface area contributed by atoms with Crippen LogP contribution in [0.5, 0.6) is 5.75 Å². The second kappa shape index (κ2) is 5.48. The van der Waals surface area contributed by atoms with Crippen molar-refractivity contribution >= 4 is 40.5 Å². The molecule has 0 fully saturated rings. The Balaban J connectivity index is 2.33. The van der Waals surface area contributed by atoms with Gasteiger partial charge in [-0.1, -0.05) is 23.8 Å². The molecular weight excluding hydrogens is 300 g/mol. The number of halogens is 1. The predicted octanol–water partition coefficient (Wildman–Crippen LogP) is 1.67. The van der Waals surface area contributed by atoms with Crippen molar-refractivity contribution in [3.8, 4) is 5.75 Å².